The fraction of sp³-hybridized carbons (Fsp3) is 0.500. The Morgan fingerprint density at radius 3 is 2.50 bits per heavy atom. The van der Waals surface area contributed by atoms with Crippen LogP contribution < -0.4 is 10.5 Å². The molecule has 8 heteroatoms. The molecular weight excluding hydrogens is 336 g/mol. The van der Waals surface area contributed by atoms with E-state index in [0.29, 0.717) is 23.2 Å². The van der Waals surface area contributed by atoms with Gasteiger partial charge in [0.2, 0.25) is 0 Å². The SMILES string of the molecule is COc1ccc2c(C(=O)OC(N)=O)nn(C3CC4CCC(C3)N4C)c2c1. The lowest BCUT2D eigenvalue weighted by Gasteiger charge is -2.36. The number of piperidine rings is 1. The van der Waals surface area contributed by atoms with Gasteiger partial charge in [0.1, 0.15) is 5.75 Å². The summed E-state index contributed by atoms with van der Waals surface area (Å²) in [5.41, 5.74) is 5.89. The molecule has 2 saturated heterocycles. The highest BCUT2D eigenvalue weighted by molar-refractivity contribution is 6.05. The van der Waals surface area contributed by atoms with E-state index in [9.17, 15) is 9.59 Å². The number of methoxy groups -OCH3 is 1. The Balaban J connectivity index is 1.78. The van der Waals surface area contributed by atoms with Crippen molar-refractivity contribution < 1.29 is 19.1 Å². The number of ether oxygens (including phenoxy) is 2. The summed E-state index contributed by atoms with van der Waals surface area (Å²) in [4.78, 5) is 25.7. The second-order valence-corrected chi connectivity index (χ2v) is 7.06. The number of fused-ring (bicyclic) bond motifs is 3. The molecule has 0 aliphatic carbocycles. The molecule has 1 aromatic carbocycles. The predicted molar refractivity (Wildman–Crippen MR) is 94.1 cm³/mol. The molecule has 138 valence electrons. The largest absolute Gasteiger partial charge is 0.497 e. The number of hydrogen-bond acceptors (Lipinski definition) is 6. The van der Waals surface area contributed by atoms with Crippen LogP contribution in [0.1, 0.15) is 42.2 Å². The number of carbonyl (C=O) groups excluding carboxylic acids is 2. The Morgan fingerprint density at radius 2 is 1.88 bits per heavy atom. The van der Waals surface area contributed by atoms with Crippen LogP contribution in [-0.4, -0.2) is 53.0 Å². The van der Waals surface area contributed by atoms with Gasteiger partial charge in [-0.25, -0.2) is 9.59 Å². The maximum atomic E-state index is 12.3. The van der Waals surface area contributed by atoms with Crippen molar-refractivity contribution in [2.45, 2.75) is 43.8 Å². The zero-order valence-corrected chi connectivity index (χ0v) is 14.8. The summed E-state index contributed by atoms with van der Waals surface area (Å²) in [6.45, 7) is 0. The minimum Gasteiger partial charge on any atom is -0.497 e. The number of rotatable bonds is 3. The van der Waals surface area contributed by atoms with Crippen molar-refractivity contribution in [2.75, 3.05) is 14.2 Å². The van der Waals surface area contributed by atoms with Crippen molar-refractivity contribution in [3.63, 3.8) is 0 Å². The van der Waals surface area contributed by atoms with Crippen LogP contribution in [-0.2, 0) is 4.74 Å². The lowest BCUT2D eigenvalue weighted by atomic mass is 9.98. The molecule has 2 unspecified atom stereocenters. The zero-order valence-electron chi connectivity index (χ0n) is 14.8. The molecule has 0 saturated carbocycles. The average Bonchev–Trinajstić information content (AvgIpc) is 3.06. The predicted octanol–water partition coefficient (Wildman–Crippen LogP) is 2.08. The maximum Gasteiger partial charge on any atom is 0.412 e. The van der Waals surface area contributed by atoms with Crippen LogP contribution in [0.25, 0.3) is 10.9 Å². The molecule has 0 spiro atoms. The Bertz CT molecular complexity index is 863. The molecule has 2 aliphatic heterocycles. The Kier molecular flexibility index (Phi) is 4.07. The van der Waals surface area contributed by atoms with Gasteiger partial charge in [0, 0.05) is 23.5 Å². The van der Waals surface area contributed by atoms with Crippen molar-refractivity contribution in [2.24, 2.45) is 5.73 Å². The number of nitrogens with zero attached hydrogens (tertiary/aromatic N) is 3. The third-order valence-corrected chi connectivity index (χ3v) is 5.72. The Hall–Kier alpha value is -2.61. The molecule has 0 radical (unpaired) electrons. The van der Waals surface area contributed by atoms with Gasteiger partial charge >= 0.3 is 12.1 Å². The van der Waals surface area contributed by atoms with Gasteiger partial charge in [0.25, 0.3) is 0 Å². The third-order valence-electron chi connectivity index (χ3n) is 5.72. The molecule has 3 heterocycles. The molecule has 2 fully saturated rings. The molecule has 2 aliphatic rings. The van der Waals surface area contributed by atoms with Gasteiger partial charge in [-0.15, -0.1) is 0 Å². The number of esters is 1. The molecule has 2 bridgehead atoms. The molecule has 4 rings (SSSR count). The number of amides is 1. The number of nitrogens with two attached hydrogens (primary N) is 1. The van der Waals surface area contributed by atoms with E-state index in [0.717, 1.165) is 18.4 Å². The van der Waals surface area contributed by atoms with E-state index in [1.165, 1.54) is 12.8 Å². The molecule has 1 amide bonds. The molecule has 1 aromatic heterocycles. The van der Waals surface area contributed by atoms with E-state index in [1.54, 1.807) is 19.2 Å². The van der Waals surface area contributed by atoms with Crippen LogP contribution in [0, 0.1) is 0 Å². The molecule has 2 N–H and O–H groups in total. The van der Waals surface area contributed by atoms with Gasteiger partial charge in [-0.05, 0) is 44.9 Å². The topological polar surface area (TPSA) is 99.7 Å². The summed E-state index contributed by atoms with van der Waals surface area (Å²) in [6, 6.07) is 6.64. The highest BCUT2D eigenvalue weighted by atomic mass is 16.6. The molecule has 2 aromatic rings. The van der Waals surface area contributed by atoms with Crippen LogP contribution in [0.2, 0.25) is 0 Å². The summed E-state index contributed by atoms with van der Waals surface area (Å²) >= 11 is 0. The quantitative estimate of drug-likeness (QED) is 0.666. The highest BCUT2D eigenvalue weighted by Crippen LogP contribution is 2.41. The Labute approximate surface area is 150 Å². The van der Waals surface area contributed by atoms with Gasteiger partial charge in [-0.3, -0.25) is 4.68 Å². The first-order valence-electron chi connectivity index (χ1n) is 8.77. The normalized spacial score (nSPS) is 25.4. The van der Waals surface area contributed by atoms with Crippen LogP contribution in [0.15, 0.2) is 18.2 Å². The average molecular weight is 358 g/mol. The monoisotopic (exact) mass is 358 g/mol. The number of primary amides is 1. The smallest absolute Gasteiger partial charge is 0.412 e. The number of carbonyl (C=O) groups is 2. The second-order valence-electron chi connectivity index (χ2n) is 7.06. The van der Waals surface area contributed by atoms with Gasteiger partial charge in [0.15, 0.2) is 5.69 Å². The minimum atomic E-state index is -1.14. The van der Waals surface area contributed by atoms with Gasteiger partial charge in [0.05, 0.1) is 18.7 Å². The van der Waals surface area contributed by atoms with Crippen molar-refractivity contribution in [1.29, 1.82) is 0 Å². The Morgan fingerprint density at radius 1 is 1.19 bits per heavy atom. The van der Waals surface area contributed by atoms with Crippen LogP contribution >= 0.6 is 0 Å². The standard InChI is InChI=1S/C18H22N4O4/c1-21-10-3-4-11(21)8-12(7-10)22-15-9-13(25-2)5-6-14(15)16(20-22)17(23)26-18(19)24/h5-6,9-12H,3-4,7-8H2,1-2H3,(H2,19,24). The first kappa shape index (κ1) is 16.8. The van der Waals surface area contributed by atoms with Crippen LogP contribution in [0.5, 0.6) is 5.75 Å². The van der Waals surface area contributed by atoms with Gasteiger partial charge in [-0.2, -0.15) is 5.10 Å². The fourth-order valence-electron chi connectivity index (χ4n) is 4.39. The van der Waals surface area contributed by atoms with E-state index in [4.69, 9.17) is 10.5 Å². The number of hydrogen-bond donors (Lipinski definition) is 1. The number of benzene rings is 1. The minimum absolute atomic E-state index is 0.104. The fourth-order valence-corrected chi connectivity index (χ4v) is 4.39. The molecule has 26 heavy (non-hydrogen) atoms. The van der Waals surface area contributed by atoms with Crippen molar-refractivity contribution in [1.82, 2.24) is 14.7 Å². The van der Waals surface area contributed by atoms with E-state index in [2.05, 4.69) is 21.8 Å². The maximum absolute atomic E-state index is 12.3. The first-order valence-corrected chi connectivity index (χ1v) is 8.77. The summed E-state index contributed by atoms with van der Waals surface area (Å²) in [5.74, 6) is -0.147. The van der Waals surface area contributed by atoms with Crippen LogP contribution in [0.3, 0.4) is 0 Å². The van der Waals surface area contributed by atoms with Crippen LogP contribution in [0.4, 0.5) is 4.79 Å². The van der Waals surface area contributed by atoms with Gasteiger partial charge < -0.3 is 20.1 Å². The molecule has 2 atom stereocenters. The van der Waals surface area contributed by atoms with Crippen molar-refractivity contribution in [3.8, 4) is 5.75 Å². The first-order chi connectivity index (χ1) is 12.5. The van der Waals surface area contributed by atoms with E-state index in [1.807, 2.05) is 10.7 Å². The van der Waals surface area contributed by atoms with Gasteiger partial charge in [-0.1, -0.05) is 0 Å². The summed E-state index contributed by atoms with van der Waals surface area (Å²) < 4.78 is 11.8. The zero-order chi connectivity index (χ0) is 18.4. The third kappa shape index (κ3) is 2.70. The lowest BCUT2D eigenvalue weighted by molar-refractivity contribution is 0.0631. The van der Waals surface area contributed by atoms with E-state index >= 15 is 0 Å². The summed E-state index contributed by atoms with van der Waals surface area (Å²) in [5, 5.41) is 5.15. The second kappa shape index (κ2) is 6.28. The van der Waals surface area contributed by atoms with E-state index < -0.39 is 12.1 Å². The highest BCUT2D eigenvalue weighted by Gasteiger charge is 2.40. The van der Waals surface area contributed by atoms with Crippen molar-refractivity contribution >= 4 is 23.0 Å². The summed E-state index contributed by atoms with van der Waals surface area (Å²) in [6.07, 6.45) is 3.20. The molecule has 8 nitrogen and oxygen atoms in total. The lowest BCUT2D eigenvalue weighted by Crippen LogP contribution is -2.40. The molecular formula is C18H22N4O4. The van der Waals surface area contributed by atoms with E-state index in [-0.39, 0.29) is 11.7 Å². The van der Waals surface area contributed by atoms with Crippen molar-refractivity contribution in [3.05, 3.63) is 23.9 Å². The number of aromatic nitrogens is 2. The summed E-state index contributed by atoms with van der Waals surface area (Å²) in [7, 11) is 3.78.